The number of rotatable bonds is 9. The predicted octanol–water partition coefficient (Wildman–Crippen LogP) is 1.65. The van der Waals surface area contributed by atoms with Crippen LogP contribution in [0.5, 0.6) is 0 Å². The summed E-state index contributed by atoms with van der Waals surface area (Å²) in [7, 11) is 1.23. The molecule has 0 aromatic heterocycles. The van der Waals surface area contributed by atoms with E-state index in [1.54, 1.807) is 25.3 Å². The van der Waals surface area contributed by atoms with E-state index in [9.17, 15) is 8.42 Å². The number of benzene rings is 1. The third-order valence-electron chi connectivity index (χ3n) is 3.30. The van der Waals surface area contributed by atoms with E-state index in [1.165, 1.54) is 18.4 Å². The third-order valence-corrected chi connectivity index (χ3v) is 5.22. The molecule has 1 aromatic carbocycles. The summed E-state index contributed by atoms with van der Waals surface area (Å²) in [6, 6.07) is 6.93. The molecular weight excluding hydrogens is 455 g/mol. The van der Waals surface area contributed by atoms with E-state index in [-0.39, 0.29) is 35.4 Å². The number of nitrogens with one attached hydrogen (secondary N) is 2. The van der Waals surface area contributed by atoms with Gasteiger partial charge in [0.1, 0.15) is 0 Å². The lowest BCUT2D eigenvalue weighted by Crippen LogP contribution is -2.38. The smallest absolute Gasteiger partial charge is 0.242 e. The van der Waals surface area contributed by atoms with Crippen LogP contribution >= 0.6 is 24.0 Å². The summed E-state index contributed by atoms with van der Waals surface area (Å²) in [5, 5.41) is 6.35. The molecule has 1 rings (SSSR count). The Labute approximate surface area is 168 Å². The van der Waals surface area contributed by atoms with Crippen LogP contribution in [0, 0.1) is 0 Å². The van der Waals surface area contributed by atoms with Crippen LogP contribution in [0.2, 0.25) is 0 Å². The first-order valence-corrected chi connectivity index (χ1v) is 9.39. The Morgan fingerprint density at radius 1 is 1.24 bits per heavy atom. The molecule has 144 valence electrons. The van der Waals surface area contributed by atoms with E-state index in [0.29, 0.717) is 18.1 Å². The number of ether oxygens (including phenoxy) is 1. The Balaban J connectivity index is 0.00000576. The first kappa shape index (κ1) is 24.1. The number of hydrogen-bond donors (Lipinski definition) is 2. The summed E-state index contributed by atoms with van der Waals surface area (Å²) < 4.78 is 31.0. The second-order valence-corrected chi connectivity index (χ2v) is 7.48. The van der Waals surface area contributed by atoms with E-state index >= 15 is 0 Å². The Morgan fingerprint density at radius 2 is 1.92 bits per heavy atom. The fourth-order valence-electron chi connectivity index (χ4n) is 2.01. The predicted molar refractivity (Wildman–Crippen MR) is 112 cm³/mol. The van der Waals surface area contributed by atoms with Crippen LogP contribution in [-0.4, -0.2) is 59.6 Å². The summed E-state index contributed by atoms with van der Waals surface area (Å²) >= 11 is 0. The zero-order chi connectivity index (χ0) is 18.0. The van der Waals surface area contributed by atoms with Gasteiger partial charge in [0.2, 0.25) is 10.0 Å². The third kappa shape index (κ3) is 7.89. The van der Waals surface area contributed by atoms with Crippen LogP contribution in [0.1, 0.15) is 18.9 Å². The number of hydrogen-bond acceptors (Lipinski definition) is 4. The first-order chi connectivity index (χ1) is 11.4. The van der Waals surface area contributed by atoms with Crippen LogP contribution in [0.3, 0.4) is 0 Å². The summed E-state index contributed by atoms with van der Waals surface area (Å²) in [6.45, 7) is 4.40. The van der Waals surface area contributed by atoms with Crippen LogP contribution < -0.4 is 10.6 Å². The van der Waals surface area contributed by atoms with Crippen LogP contribution in [0.15, 0.2) is 34.2 Å². The highest BCUT2D eigenvalue weighted by Crippen LogP contribution is 2.19. The van der Waals surface area contributed by atoms with Crippen molar-refractivity contribution in [1.82, 2.24) is 14.9 Å². The molecule has 1 aromatic rings. The van der Waals surface area contributed by atoms with Gasteiger partial charge in [-0.1, -0.05) is 18.2 Å². The highest BCUT2D eigenvalue weighted by atomic mass is 127. The summed E-state index contributed by atoms with van der Waals surface area (Å²) in [4.78, 5) is 4.77. The van der Waals surface area contributed by atoms with Gasteiger partial charge in [-0.15, -0.1) is 24.0 Å². The molecule has 0 spiro atoms. The van der Waals surface area contributed by atoms with Crippen molar-refractivity contribution < 1.29 is 13.2 Å². The zero-order valence-electron chi connectivity index (χ0n) is 15.3. The topological polar surface area (TPSA) is 83.0 Å². The molecule has 0 aliphatic rings. The van der Waals surface area contributed by atoms with Gasteiger partial charge in [-0.05, 0) is 25.0 Å². The molecule has 0 saturated heterocycles. The Hall–Kier alpha value is -0.910. The summed E-state index contributed by atoms with van der Waals surface area (Å²) in [5.74, 6) is 0.658. The average molecular weight is 484 g/mol. The van der Waals surface area contributed by atoms with Gasteiger partial charge in [-0.2, -0.15) is 0 Å². The van der Waals surface area contributed by atoms with E-state index < -0.39 is 10.0 Å². The highest BCUT2D eigenvalue weighted by molar-refractivity contribution is 14.0. The SMILES string of the molecule is CCNC(=NCc1ccccc1S(=O)(=O)N(C)C)NCCCOC.I. The fraction of sp³-hybridized carbons (Fsp3) is 0.562. The minimum Gasteiger partial charge on any atom is -0.385 e. The van der Waals surface area contributed by atoms with Crippen molar-refractivity contribution in [2.45, 2.75) is 24.8 Å². The van der Waals surface area contributed by atoms with Crippen molar-refractivity contribution in [3.05, 3.63) is 29.8 Å². The molecule has 0 aliphatic heterocycles. The van der Waals surface area contributed by atoms with Crippen molar-refractivity contribution in [1.29, 1.82) is 0 Å². The maximum atomic E-state index is 12.4. The second kappa shape index (κ2) is 12.4. The molecule has 0 atom stereocenters. The second-order valence-electron chi connectivity index (χ2n) is 5.36. The molecule has 0 heterocycles. The normalized spacial score (nSPS) is 12.0. The minimum atomic E-state index is -3.49. The van der Waals surface area contributed by atoms with Gasteiger partial charge in [0, 0.05) is 40.9 Å². The van der Waals surface area contributed by atoms with Gasteiger partial charge in [0.05, 0.1) is 11.4 Å². The molecule has 0 saturated carbocycles. The molecular formula is C16H29IN4O3S. The maximum Gasteiger partial charge on any atom is 0.242 e. The molecule has 0 aliphatic carbocycles. The van der Waals surface area contributed by atoms with E-state index in [2.05, 4.69) is 15.6 Å². The number of guanidine groups is 1. The first-order valence-electron chi connectivity index (χ1n) is 7.95. The van der Waals surface area contributed by atoms with E-state index in [1.807, 2.05) is 13.0 Å². The van der Waals surface area contributed by atoms with Crippen molar-refractivity contribution in [3.8, 4) is 0 Å². The lowest BCUT2D eigenvalue weighted by molar-refractivity contribution is 0.195. The average Bonchev–Trinajstić information content (AvgIpc) is 2.56. The van der Waals surface area contributed by atoms with E-state index in [4.69, 9.17) is 4.74 Å². The van der Waals surface area contributed by atoms with Crippen molar-refractivity contribution in [2.24, 2.45) is 4.99 Å². The lowest BCUT2D eigenvalue weighted by Gasteiger charge is -2.15. The molecule has 9 heteroatoms. The van der Waals surface area contributed by atoms with Gasteiger partial charge >= 0.3 is 0 Å². The van der Waals surface area contributed by atoms with Gasteiger partial charge < -0.3 is 15.4 Å². The number of methoxy groups -OCH3 is 1. The van der Waals surface area contributed by atoms with Crippen LogP contribution in [-0.2, 0) is 21.3 Å². The molecule has 0 radical (unpaired) electrons. The molecule has 0 amide bonds. The van der Waals surface area contributed by atoms with Gasteiger partial charge in [-0.3, -0.25) is 0 Å². The molecule has 0 unspecified atom stereocenters. The largest absolute Gasteiger partial charge is 0.385 e. The quantitative estimate of drug-likeness (QED) is 0.241. The van der Waals surface area contributed by atoms with Crippen molar-refractivity contribution >= 4 is 40.0 Å². The molecule has 25 heavy (non-hydrogen) atoms. The van der Waals surface area contributed by atoms with Crippen LogP contribution in [0.4, 0.5) is 0 Å². The molecule has 7 nitrogen and oxygen atoms in total. The monoisotopic (exact) mass is 484 g/mol. The maximum absolute atomic E-state index is 12.4. The lowest BCUT2D eigenvalue weighted by atomic mass is 10.2. The van der Waals surface area contributed by atoms with Gasteiger partial charge in [0.25, 0.3) is 0 Å². The number of aliphatic imine (C=N–C) groups is 1. The highest BCUT2D eigenvalue weighted by Gasteiger charge is 2.20. The number of sulfonamides is 1. The Morgan fingerprint density at radius 3 is 2.52 bits per heavy atom. The summed E-state index contributed by atoms with van der Waals surface area (Å²) in [5.41, 5.74) is 0.667. The summed E-state index contributed by atoms with van der Waals surface area (Å²) in [6.07, 6.45) is 0.868. The number of halogens is 1. The molecule has 0 fully saturated rings. The fourth-order valence-corrected chi connectivity index (χ4v) is 3.12. The standard InChI is InChI=1S/C16H28N4O3S.HI/c1-5-17-16(18-11-8-12-23-4)19-13-14-9-6-7-10-15(14)24(21,22)20(2)3;/h6-7,9-10H,5,8,11-13H2,1-4H3,(H2,17,18,19);1H. The zero-order valence-corrected chi connectivity index (χ0v) is 18.4. The van der Waals surface area contributed by atoms with Crippen molar-refractivity contribution in [3.63, 3.8) is 0 Å². The number of nitrogens with zero attached hydrogens (tertiary/aromatic N) is 2. The van der Waals surface area contributed by atoms with Crippen molar-refractivity contribution in [2.75, 3.05) is 40.9 Å². The van der Waals surface area contributed by atoms with Gasteiger partial charge in [0.15, 0.2) is 5.96 Å². The Kier molecular flexibility index (Phi) is 12.0. The van der Waals surface area contributed by atoms with Gasteiger partial charge in [-0.25, -0.2) is 17.7 Å². The Bertz CT molecular complexity index is 636. The minimum absolute atomic E-state index is 0. The van der Waals surface area contributed by atoms with Crippen LogP contribution in [0.25, 0.3) is 0 Å². The van der Waals surface area contributed by atoms with E-state index in [0.717, 1.165) is 19.5 Å². The molecule has 0 bridgehead atoms. The molecule has 2 N–H and O–H groups in total.